The molecule has 0 fully saturated rings. The lowest BCUT2D eigenvalue weighted by Gasteiger charge is -2.09. The van der Waals surface area contributed by atoms with Crippen LogP contribution in [0.15, 0.2) is 65.6 Å². The standard InChI is InChI=1S/C16H14N2O2S/c1-12-11-16(17-15-10-6-5-9-14(12)15)18-21(19,20)13-7-3-2-4-8-13/h2-11H,1H3,(H,17,18). The zero-order valence-corrected chi connectivity index (χ0v) is 12.3. The highest BCUT2D eigenvalue weighted by molar-refractivity contribution is 7.92. The van der Waals surface area contributed by atoms with Crippen LogP contribution in [0.1, 0.15) is 5.56 Å². The van der Waals surface area contributed by atoms with Gasteiger partial charge in [-0.25, -0.2) is 13.4 Å². The number of nitrogens with zero attached hydrogens (tertiary/aromatic N) is 1. The van der Waals surface area contributed by atoms with Crippen molar-refractivity contribution in [2.75, 3.05) is 4.72 Å². The highest BCUT2D eigenvalue weighted by Gasteiger charge is 2.14. The minimum atomic E-state index is -3.61. The summed E-state index contributed by atoms with van der Waals surface area (Å²) in [5.74, 6) is 0.329. The molecule has 0 aliphatic carbocycles. The van der Waals surface area contributed by atoms with Gasteiger partial charge in [0.15, 0.2) is 0 Å². The third kappa shape index (κ3) is 2.73. The summed E-state index contributed by atoms with van der Waals surface area (Å²) in [4.78, 5) is 4.58. The first-order valence-corrected chi connectivity index (χ1v) is 7.99. The van der Waals surface area contributed by atoms with E-state index in [0.717, 1.165) is 16.5 Å². The van der Waals surface area contributed by atoms with Gasteiger partial charge in [0.2, 0.25) is 0 Å². The first-order valence-electron chi connectivity index (χ1n) is 6.50. The number of fused-ring (bicyclic) bond motifs is 1. The number of aryl methyl sites for hydroxylation is 1. The van der Waals surface area contributed by atoms with Crippen molar-refractivity contribution < 1.29 is 8.42 Å². The van der Waals surface area contributed by atoms with Crippen LogP contribution in [0.25, 0.3) is 10.9 Å². The van der Waals surface area contributed by atoms with Crippen LogP contribution in [-0.4, -0.2) is 13.4 Å². The average Bonchev–Trinajstić information content (AvgIpc) is 2.48. The largest absolute Gasteiger partial charge is 0.263 e. The Bertz CT molecular complexity index is 891. The number of hydrogen-bond acceptors (Lipinski definition) is 3. The van der Waals surface area contributed by atoms with E-state index in [1.165, 1.54) is 0 Å². The molecule has 0 spiro atoms. The van der Waals surface area contributed by atoms with Gasteiger partial charge in [-0.15, -0.1) is 0 Å². The quantitative estimate of drug-likeness (QED) is 0.806. The minimum absolute atomic E-state index is 0.220. The highest BCUT2D eigenvalue weighted by atomic mass is 32.2. The Balaban J connectivity index is 2.02. The fourth-order valence-corrected chi connectivity index (χ4v) is 3.21. The summed E-state index contributed by atoms with van der Waals surface area (Å²) >= 11 is 0. The van der Waals surface area contributed by atoms with Crippen molar-refractivity contribution in [3.05, 3.63) is 66.2 Å². The molecule has 2 aromatic carbocycles. The molecule has 1 heterocycles. The average molecular weight is 298 g/mol. The van der Waals surface area contributed by atoms with E-state index in [1.54, 1.807) is 36.4 Å². The van der Waals surface area contributed by atoms with Crippen molar-refractivity contribution in [2.24, 2.45) is 0 Å². The lowest BCUT2D eigenvalue weighted by Crippen LogP contribution is -2.14. The number of benzene rings is 2. The Kier molecular flexibility index (Phi) is 3.35. The maximum atomic E-state index is 12.3. The van der Waals surface area contributed by atoms with Crippen LogP contribution in [0.3, 0.4) is 0 Å². The number of para-hydroxylation sites is 1. The van der Waals surface area contributed by atoms with Crippen LogP contribution >= 0.6 is 0 Å². The number of pyridine rings is 1. The van der Waals surface area contributed by atoms with Crippen molar-refractivity contribution in [3.63, 3.8) is 0 Å². The third-order valence-electron chi connectivity index (χ3n) is 3.22. The lowest BCUT2D eigenvalue weighted by molar-refractivity contribution is 0.601. The van der Waals surface area contributed by atoms with E-state index in [2.05, 4.69) is 9.71 Å². The molecule has 21 heavy (non-hydrogen) atoms. The molecule has 4 nitrogen and oxygen atoms in total. The maximum Gasteiger partial charge on any atom is 0.263 e. The van der Waals surface area contributed by atoms with Gasteiger partial charge < -0.3 is 0 Å². The molecule has 0 unspecified atom stereocenters. The van der Waals surface area contributed by atoms with E-state index < -0.39 is 10.0 Å². The number of aromatic nitrogens is 1. The molecular formula is C16H14N2O2S. The smallest absolute Gasteiger partial charge is 0.263 e. The minimum Gasteiger partial charge on any atom is -0.263 e. The maximum absolute atomic E-state index is 12.3. The molecule has 3 aromatic rings. The molecule has 1 aromatic heterocycles. The van der Waals surface area contributed by atoms with Gasteiger partial charge in [-0.3, -0.25) is 4.72 Å². The monoisotopic (exact) mass is 298 g/mol. The predicted octanol–water partition coefficient (Wildman–Crippen LogP) is 3.34. The molecule has 0 saturated heterocycles. The molecule has 0 aliphatic heterocycles. The second-order valence-electron chi connectivity index (χ2n) is 4.76. The Morgan fingerprint density at radius 1 is 0.952 bits per heavy atom. The van der Waals surface area contributed by atoms with Gasteiger partial charge in [-0.05, 0) is 36.8 Å². The van der Waals surface area contributed by atoms with Crippen molar-refractivity contribution in [3.8, 4) is 0 Å². The van der Waals surface area contributed by atoms with Crippen LogP contribution in [0, 0.1) is 6.92 Å². The molecule has 3 rings (SSSR count). The SMILES string of the molecule is Cc1cc(NS(=O)(=O)c2ccccc2)nc2ccccc12. The van der Waals surface area contributed by atoms with Crippen molar-refractivity contribution in [1.29, 1.82) is 0 Å². The summed E-state index contributed by atoms with van der Waals surface area (Å²) in [6, 6.07) is 17.6. The molecule has 1 N–H and O–H groups in total. The van der Waals surface area contributed by atoms with E-state index in [4.69, 9.17) is 0 Å². The fraction of sp³-hybridized carbons (Fsp3) is 0.0625. The van der Waals surface area contributed by atoms with Crippen molar-refractivity contribution in [2.45, 2.75) is 11.8 Å². The number of sulfonamides is 1. The van der Waals surface area contributed by atoms with E-state index in [0.29, 0.717) is 5.82 Å². The second kappa shape index (κ2) is 5.18. The van der Waals surface area contributed by atoms with Gasteiger partial charge in [0.25, 0.3) is 10.0 Å². The third-order valence-corrected chi connectivity index (χ3v) is 4.59. The van der Waals surface area contributed by atoms with Gasteiger partial charge in [0.05, 0.1) is 10.4 Å². The second-order valence-corrected chi connectivity index (χ2v) is 6.44. The zero-order chi connectivity index (χ0) is 14.9. The van der Waals surface area contributed by atoms with Gasteiger partial charge in [0, 0.05) is 5.39 Å². The van der Waals surface area contributed by atoms with Crippen LogP contribution in [0.5, 0.6) is 0 Å². The van der Waals surface area contributed by atoms with Crippen LogP contribution in [-0.2, 0) is 10.0 Å². The number of anilines is 1. The molecule has 0 aliphatic rings. The topological polar surface area (TPSA) is 59.1 Å². The summed E-state index contributed by atoms with van der Waals surface area (Å²) in [5, 5.41) is 1.01. The summed E-state index contributed by atoms with van der Waals surface area (Å²) < 4.78 is 27.1. The highest BCUT2D eigenvalue weighted by Crippen LogP contribution is 2.21. The van der Waals surface area contributed by atoms with E-state index in [9.17, 15) is 8.42 Å². The Morgan fingerprint density at radius 2 is 1.62 bits per heavy atom. The summed E-state index contributed by atoms with van der Waals surface area (Å²) in [6.45, 7) is 1.93. The number of nitrogens with one attached hydrogen (secondary N) is 1. The Morgan fingerprint density at radius 3 is 2.38 bits per heavy atom. The summed E-state index contributed by atoms with van der Waals surface area (Å²) in [7, 11) is -3.61. The molecule has 5 heteroatoms. The summed E-state index contributed by atoms with van der Waals surface area (Å²) in [5.41, 5.74) is 1.75. The molecule has 0 atom stereocenters. The van der Waals surface area contributed by atoms with Gasteiger partial charge in [-0.2, -0.15) is 0 Å². The Labute approximate surface area is 123 Å². The molecule has 0 saturated carbocycles. The van der Waals surface area contributed by atoms with E-state index in [-0.39, 0.29) is 4.90 Å². The van der Waals surface area contributed by atoms with Crippen molar-refractivity contribution in [1.82, 2.24) is 4.98 Å². The fourth-order valence-electron chi connectivity index (χ4n) is 2.20. The van der Waals surface area contributed by atoms with E-state index in [1.807, 2.05) is 31.2 Å². The molecule has 106 valence electrons. The molecular weight excluding hydrogens is 284 g/mol. The first kappa shape index (κ1) is 13.6. The Hall–Kier alpha value is -2.40. The van der Waals surface area contributed by atoms with Crippen LogP contribution in [0.2, 0.25) is 0 Å². The van der Waals surface area contributed by atoms with Gasteiger partial charge in [0.1, 0.15) is 5.82 Å². The number of rotatable bonds is 3. The molecule has 0 amide bonds. The first-order chi connectivity index (χ1) is 10.1. The van der Waals surface area contributed by atoms with Gasteiger partial charge >= 0.3 is 0 Å². The summed E-state index contributed by atoms with van der Waals surface area (Å²) in [6.07, 6.45) is 0. The van der Waals surface area contributed by atoms with Crippen LogP contribution < -0.4 is 4.72 Å². The number of hydrogen-bond donors (Lipinski definition) is 1. The van der Waals surface area contributed by atoms with E-state index >= 15 is 0 Å². The lowest BCUT2D eigenvalue weighted by atomic mass is 10.1. The normalized spacial score (nSPS) is 11.5. The van der Waals surface area contributed by atoms with Crippen LogP contribution in [0.4, 0.5) is 5.82 Å². The molecule has 0 bridgehead atoms. The predicted molar refractivity (Wildman–Crippen MR) is 83.7 cm³/mol. The van der Waals surface area contributed by atoms with Crippen molar-refractivity contribution >= 4 is 26.7 Å². The zero-order valence-electron chi connectivity index (χ0n) is 11.4. The molecule has 0 radical (unpaired) electrons. The van der Waals surface area contributed by atoms with Gasteiger partial charge in [-0.1, -0.05) is 36.4 Å².